The molecule has 1 unspecified atom stereocenters. The Bertz CT molecular complexity index is 627. The van der Waals surface area contributed by atoms with Gasteiger partial charge in [-0.25, -0.2) is 4.79 Å². The van der Waals surface area contributed by atoms with Gasteiger partial charge in [0.25, 0.3) is 0 Å². The predicted molar refractivity (Wildman–Crippen MR) is 85.7 cm³/mol. The number of β-amino-alcohol motifs (C(OH)–C–C–N with tert-alkyl or cyclic N) is 1. The maximum atomic E-state index is 12.0. The number of nitrogens with zero attached hydrogens (tertiary/aromatic N) is 1. The van der Waals surface area contributed by atoms with Crippen LogP contribution in [0.3, 0.4) is 0 Å². The highest BCUT2D eigenvalue weighted by Crippen LogP contribution is 2.23. The van der Waals surface area contributed by atoms with Crippen LogP contribution in [0.15, 0.2) is 24.3 Å². The molecule has 1 aromatic carbocycles. The molecule has 2 rings (SSSR count). The number of hydrogen-bond donors (Lipinski definition) is 1. The maximum absolute atomic E-state index is 12.0. The van der Waals surface area contributed by atoms with E-state index in [1.54, 1.807) is 18.2 Å². The van der Waals surface area contributed by atoms with E-state index in [-0.39, 0.29) is 6.54 Å². The number of aliphatic hydroxyl groups is 1. The first-order valence-electron chi connectivity index (χ1n) is 7.16. The number of benzene rings is 1. The van der Waals surface area contributed by atoms with E-state index < -0.39 is 17.3 Å². The highest BCUT2D eigenvalue weighted by atomic mass is 35.5. The normalized spacial score (nSPS) is 21.2. The van der Waals surface area contributed by atoms with E-state index in [1.807, 2.05) is 26.8 Å². The number of likely N-dealkylation sites (tertiary alicyclic amines) is 1. The smallest absolute Gasteiger partial charge is 0.410 e. The Morgan fingerprint density at radius 2 is 2.18 bits per heavy atom. The lowest BCUT2D eigenvalue weighted by Crippen LogP contribution is -2.38. The summed E-state index contributed by atoms with van der Waals surface area (Å²) in [7, 11) is 0. The number of hydrogen-bond acceptors (Lipinski definition) is 3. The number of amides is 1. The van der Waals surface area contributed by atoms with Gasteiger partial charge in [0.1, 0.15) is 11.2 Å². The summed E-state index contributed by atoms with van der Waals surface area (Å²) in [6.45, 7) is 6.01. The van der Waals surface area contributed by atoms with Crippen molar-refractivity contribution in [2.45, 2.75) is 38.4 Å². The van der Waals surface area contributed by atoms with Gasteiger partial charge in [-0.15, -0.1) is 0 Å². The molecule has 1 aromatic rings. The first kappa shape index (κ1) is 16.7. The summed E-state index contributed by atoms with van der Waals surface area (Å²) in [5, 5.41) is 11.1. The zero-order valence-electron chi connectivity index (χ0n) is 13.0. The van der Waals surface area contributed by atoms with Crippen molar-refractivity contribution in [2.75, 3.05) is 13.1 Å². The average Bonchev–Trinajstić information content (AvgIpc) is 2.78. The quantitative estimate of drug-likeness (QED) is 0.747. The first-order valence-corrected chi connectivity index (χ1v) is 7.54. The molecule has 1 amide bonds. The van der Waals surface area contributed by atoms with Gasteiger partial charge in [-0.05, 0) is 39.0 Å². The summed E-state index contributed by atoms with van der Waals surface area (Å²) < 4.78 is 5.30. The molecule has 1 saturated heterocycles. The molecule has 4 nitrogen and oxygen atoms in total. The zero-order chi connectivity index (χ0) is 16.4. The molecule has 0 aromatic heterocycles. The third-order valence-corrected chi connectivity index (χ3v) is 3.40. The minimum absolute atomic E-state index is 0.148. The minimum atomic E-state index is -1.21. The monoisotopic (exact) mass is 321 g/mol. The van der Waals surface area contributed by atoms with Gasteiger partial charge >= 0.3 is 6.09 Å². The number of rotatable bonds is 0. The zero-order valence-corrected chi connectivity index (χ0v) is 13.8. The van der Waals surface area contributed by atoms with Gasteiger partial charge in [-0.1, -0.05) is 29.5 Å². The highest BCUT2D eigenvalue weighted by Gasteiger charge is 2.38. The van der Waals surface area contributed by atoms with Crippen molar-refractivity contribution in [3.8, 4) is 11.8 Å². The molecular formula is C17H20ClNO3. The average molecular weight is 322 g/mol. The van der Waals surface area contributed by atoms with Crippen LogP contribution in [0.5, 0.6) is 0 Å². The standard InChI is InChI=1S/C17H20ClNO3/c1-16(2,3)22-15(20)19-10-9-17(21,12-19)8-7-13-5-4-6-14(18)11-13/h4-6,11,21H,9-10,12H2,1-3H3. The van der Waals surface area contributed by atoms with E-state index in [0.29, 0.717) is 18.0 Å². The van der Waals surface area contributed by atoms with Crippen molar-refractivity contribution in [3.63, 3.8) is 0 Å². The molecule has 1 N–H and O–H groups in total. The molecule has 1 aliphatic heterocycles. The van der Waals surface area contributed by atoms with Crippen molar-refractivity contribution in [1.29, 1.82) is 0 Å². The molecule has 0 spiro atoms. The van der Waals surface area contributed by atoms with Gasteiger partial charge in [0, 0.05) is 23.6 Å². The van der Waals surface area contributed by atoms with Crippen molar-refractivity contribution < 1.29 is 14.6 Å². The summed E-state index contributed by atoms with van der Waals surface area (Å²) in [5.41, 5.74) is -1.03. The molecule has 0 radical (unpaired) electrons. The fourth-order valence-corrected chi connectivity index (χ4v) is 2.32. The van der Waals surface area contributed by atoms with Crippen LogP contribution in [0.2, 0.25) is 5.02 Å². The molecule has 0 aliphatic carbocycles. The van der Waals surface area contributed by atoms with E-state index in [1.165, 1.54) is 4.90 Å². The fourth-order valence-electron chi connectivity index (χ4n) is 2.13. The fraction of sp³-hybridized carbons (Fsp3) is 0.471. The molecule has 1 heterocycles. The first-order chi connectivity index (χ1) is 10.2. The summed E-state index contributed by atoms with van der Waals surface area (Å²) in [6.07, 6.45) is -0.0206. The summed E-state index contributed by atoms with van der Waals surface area (Å²) >= 11 is 5.90. The van der Waals surface area contributed by atoms with Crippen LogP contribution in [0.25, 0.3) is 0 Å². The highest BCUT2D eigenvalue weighted by molar-refractivity contribution is 6.30. The third kappa shape index (κ3) is 4.66. The van der Waals surface area contributed by atoms with Crippen molar-refractivity contribution in [1.82, 2.24) is 4.90 Å². The predicted octanol–water partition coefficient (Wildman–Crippen LogP) is 3.06. The summed E-state index contributed by atoms with van der Waals surface area (Å²) in [4.78, 5) is 13.5. The largest absolute Gasteiger partial charge is 0.444 e. The Balaban J connectivity index is 2.04. The number of carbonyl (C=O) groups excluding carboxylic acids is 1. The van der Waals surface area contributed by atoms with Crippen molar-refractivity contribution >= 4 is 17.7 Å². The van der Waals surface area contributed by atoms with E-state index in [2.05, 4.69) is 11.8 Å². The molecule has 118 valence electrons. The lowest BCUT2D eigenvalue weighted by Gasteiger charge is -2.24. The van der Waals surface area contributed by atoms with Crippen LogP contribution >= 0.6 is 11.6 Å². The lowest BCUT2D eigenvalue weighted by atomic mass is 10.0. The molecular weight excluding hydrogens is 302 g/mol. The second-order valence-corrected chi connectivity index (χ2v) is 6.88. The Labute approximate surface area is 136 Å². The Morgan fingerprint density at radius 3 is 2.82 bits per heavy atom. The van der Waals surface area contributed by atoms with E-state index in [0.717, 1.165) is 5.56 Å². The second kappa shape index (κ2) is 6.20. The summed E-state index contributed by atoms with van der Waals surface area (Å²) in [5.74, 6) is 5.76. The molecule has 22 heavy (non-hydrogen) atoms. The van der Waals surface area contributed by atoms with Crippen LogP contribution in [-0.2, 0) is 4.74 Å². The van der Waals surface area contributed by atoms with Crippen LogP contribution in [0, 0.1) is 11.8 Å². The van der Waals surface area contributed by atoms with Crippen molar-refractivity contribution in [2.24, 2.45) is 0 Å². The Kier molecular flexibility index (Phi) is 4.69. The van der Waals surface area contributed by atoms with Crippen LogP contribution in [-0.4, -0.2) is 40.4 Å². The van der Waals surface area contributed by atoms with Gasteiger partial charge in [0.05, 0.1) is 6.54 Å². The molecule has 1 aliphatic rings. The maximum Gasteiger partial charge on any atom is 0.410 e. The van der Waals surface area contributed by atoms with E-state index >= 15 is 0 Å². The van der Waals surface area contributed by atoms with Gasteiger partial charge in [-0.3, -0.25) is 0 Å². The van der Waals surface area contributed by atoms with Gasteiger partial charge in [-0.2, -0.15) is 0 Å². The number of halogens is 1. The SMILES string of the molecule is CC(C)(C)OC(=O)N1CCC(O)(C#Cc2cccc(Cl)c2)C1. The van der Waals surface area contributed by atoms with E-state index in [4.69, 9.17) is 16.3 Å². The molecule has 5 heteroatoms. The van der Waals surface area contributed by atoms with E-state index in [9.17, 15) is 9.90 Å². The van der Waals surface area contributed by atoms with Crippen LogP contribution < -0.4 is 0 Å². The Morgan fingerprint density at radius 1 is 1.45 bits per heavy atom. The lowest BCUT2D eigenvalue weighted by molar-refractivity contribution is 0.0239. The molecule has 0 saturated carbocycles. The minimum Gasteiger partial charge on any atom is -0.444 e. The van der Waals surface area contributed by atoms with Crippen LogP contribution in [0.1, 0.15) is 32.8 Å². The molecule has 0 bridgehead atoms. The van der Waals surface area contributed by atoms with Gasteiger partial charge < -0.3 is 14.7 Å². The van der Waals surface area contributed by atoms with Crippen LogP contribution in [0.4, 0.5) is 4.79 Å². The topological polar surface area (TPSA) is 49.8 Å². The Hall–Kier alpha value is -1.70. The van der Waals surface area contributed by atoms with Gasteiger partial charge in [0.2, 0.25) is 0 Å². The summed E-state index contributed by atoms with van der Waals surface area (Å²) in [6, 6.07) is 7.13. The molecule has 1 atom stereocenters. The number of ether oxygens (including phenoxy) is 1. The number of carbonyl (C=O) groups is 1. The van der Waals surface area contributed by atoms with Crippen molar-refractivity contribution in [3.05, 3.63) is 34.9 Å². The van der Waals surface area contributed by atoms with Gasteiger partial charge in [0.15, 0.2) is 0 Å². The molecule has 1 fully saturated rings. The third-order valence-electron chi connectivity index (χ3n) is 3.16. The second-order valence-electron chi connectivity index (χ2n) is 6.44.